The smallest absolute Gasteiger partial charge is 0.269 e. The van der Waals surface area contributed by atoms with E-state index in [0.29, 0.717) is 28.1 Å². The number of aromatic nitrogens is 2. The Hall–Kier alpha value is -2.04. The highest BCUT2D eigenvalue weighted by Crippen LogP contribution is 2.22. The molecule has 0 fully saturated rings. The van der Waals surface area contributed by atoms with E-state index in [4.69, 9.17) is 11.5 Å². The van der Waals surface area contributed by atoms with Crippen molar-refractivity contribution in [1.82, 2.24) is 9.97 Å². The van der Waals surface area contributed by atoms with Crippen LogP contribution < -0.4 is 17.0 Å². The lowest BCUT2D eigenvalue weighted by molar-refractivity contribution is 1.12. The molecule has 0 spiro atoms. The van der Waals surface area contributed by atoms with Crippen molar-refractivity contribution < 1.29 is 0 Å². The minimum absolute atomic E-state index is 0.241. The van der Waals surface area contributed by atoms with Gasteiger partial charge in [0.15, 0.2) is 0 Å². The molecule has 1 aromatic heterocycles. The number of H-pyrrole nitrogens is 1. The zero-order valence-corrected chi connectivity index (χ0v) is 7.66. The second kappa shape index (κ2) is 2.73. The molecule has 0 aliphatic rings. The number of aryl methyl sites for hydroxylation is 1. The monoisotopic (exact) mass is 190 g/mol. The molecule has 5 N–H and O–H groups in total. The van der Waals surface area contributed by atoms with Gasteiger partial charge in [-0.1, -0.05) is 0 Å². The summed E-state index contributed by atoms with van der Waals surface area (Å²) < 4.78 is 0. The molecule has 2 rings (SSSR count). The Kier molecular flexibility index (Phi) is 1.67. The molecular weight excluding hydrogens is 180 g/mol. The van der Waals surface area contributed by atoms with Gasteiger partial charge in [-0.2, -0.15) is 0 Å². The molecule has 14 heavy (non-hydrogen) atoms. The van der Waals surface area contributed by atoms with Crippen molar-refractivity contribution in [3.8, 4) is 0 Å². The number of hydrogen-bond donors (Lipinski definition) is 3. The van der Waals surface area contributed by atoms with Crippen molar-refractivity contribution in [3.63, 3.8) is 0 Å². The molecule has 5 heteroatoms. The molecular formula is C9H10N4O. The lowest BCUT2D eigenvalue weighted by atomic mass is 10.2. The van der Waals surface area contributed by atoms with Gasteiger partial charge in [0.25, 0.3) is 5.56 Å². The molecule has 0 aliphatic carbocycles. The van der Waals surface area contributed by atoms with Gasteiger partial charge in [0, 0.05) is 0 Å². The highest BCUT2D eigenvalue weighted by molar-refractivity contribution is 5.92. The molecule has 0 unspecified atom stereocenters. The third kappa shape index (κ3) is 1.10. The second-order valence-corrected chi connectivity index (χ2v) is 3.11. The first-order valence-corrected chi connectivity index (χ1v) is 4.14. The van der Waals surface area contributed by atoms with Crippen LogP contribution in [0.3, 0.4) is 0 Å². The SMILES string of the molecule is Cc1nc2ccc(N)c(N)c2[nH]c1=O. The van der Waals surface area contributed by atoms with Gasteiger partial charge >= 0.3 is 0 Å². The standard InChI is InChI=1S/C9H10N4O/c1-4-9(14)13-8-6(12-4)3-2-5(10)7(8)11/h2-3H,10-11H2,1H3,(H,13,14). The van der Waals surface area contributed by atoms with E-state index in [-0.39, 0.29) is 5.56 Å². The largest absolute Gasteiger partial charge is 0.397 e. The molecule has 0 saturated heterocycles. The number of rotatable bonds is 0. The Morgan fingerprint density at radius 3 is 2.79 bits per heavy atom. The third-order valence-corrected chi connectivity index (χ3v) is 2.11. The van der Waals surface area contributed by atoms with Crippen LogP contribution >= 0.6 is 0 Å². The summed E-state index contributed by atoms with van der Waals surface area (Å²) in [6.45, 7) is 1.64. The van der Waals surface area contributed by atoms with Crippen LogP contribution in [0.15, 0.2) is 16.9 Å². The second-order valence-electron chi connectivity index (χ2n) is 3.11. The van der Waals surface area contributed by atoms with Gasteiger partial charge in [-0.3, -0.25) is 4.79 Å². The molecule has 0 radical (unpaired) electrons. The predicted octanol–water partition coefficient (Wildman–Crippen LogP) is 0.396. The fourth-order valence-corrected chi connectivity index (χ4v) is 1.28. The van der Waals surface area contributed by atoms with E-state index in [0.717, 1.165) is 0 Å². The van der Waals surface area contributed by atoms with E-state index < -0.39 is 0 Å². The Morgan fingerprint density at radius 1 is 1.36 bits per heavy atom. The highest BCUT2D eigenvalue weighted by Gasteiger charge is 2.05. The zero-order chi connectivity index (χ0) is 10.3. The van der Waals surface area contributed by atoms with Crippen molar-refractivity contribution in [2.75, 3.05) is 11.5 Å². The number of nitrogen functional groups attached to an aromatic ring is 2. The molecule has 2 aromatic rings. The van der Waals surface area contributed by atoms with Crippen LogP contribution in [0.2, 0.25) is 0 Å². The molecule has 1 aromatic carbocycles. The van der Waals surface area contributed by atoms with Crippen molar-refractivity contribution in [1.29, 1.82) is 0 Å². The summed E-state index contributed by atoms with van der Waals surface area (Å²) in [5, 5.41) is 0. The lowest BCUT2D eigenvalue weighted by Crippen LogP contribution is -2.12. The molecule has 1 heterocycles. The number of hydrogen-bond acceptors (Lipinski definition) is 4. The number of aromatic amines is 1. The molecule has 0 bridgehead atoms. The average Bonchev–Trinajstić information content (AvgIpc) is 2.15. The van der Waals surface area contributed by atoms with Crippen molar-refractivity contribution in [2.45, 2.75) is 6.92 Å². The average molecular weight is 190 g/mol. The maximum absolute atomic E-state index is 11.3. The van der Waals surface area contributed by atoms with E-state index >= 15 is 0 Å². The highest BCUT2D eigenvalue weighted by atomic mass is 16.1. The number of nitrogens with one attached hydrogen (secondary N) is 1. The van der Waals surface area contributed by atoms with Crippen molar-refractivity contribution >= 4 is 22.4 Å². The maximum atomic E-state index is 11.3. The summed E-state index contributed by atoms with van der Waals surface area (Å²) in [7, 11) is 0. The molecule has 0 atom stereocenters. The summed E-state index contributed by atoms with van der Waals surface area (Å²) >= 11 is 0. The van der Waals surface area contributed by atoms with E-state index in [1.54, 1.807) is 19.1 Å². The molecule has 0 aliphatic heterocycles. The Bertz CT molecular complexity index is 558. The van der Waals surface area contributed by atoms with E-state index in [1.165, 1.54) is 0 Å². The first-order valence-electron chi connectivity index (χ1n) is 4.14. The predicted molar refractivity (Wildman–Crippen MR) is 55.9 cm³/mol. The molecule has 0 saturated carbocycles. The Morgan fingerprint density at radius 2 is 2.07 bits per heavy atom. The maximum Gasteiger partial charge on any atom is 0.269 e. The van der Waals surface area contributed by atoms with Crippen molar-refractivity contribution in [3.05, 3.63) is 28.2 Å². The van der Waals surface area contributed by atoms with Gasteiger partial charge in [-0.15, -0.1) is 0 Å². The summed E-state index contributed by atoms with van der Waals surface area (Å²) in [4.78, 5) is 18.0. The van der Waals surface area contributed by atoms with Crippen LogP contribution in [-0.2, 0) is 0 Å². The fourth-order valence-electron chi connectivity index (χ4n) is 1.28. The van der Waals surface area contributed by atoms with Crippen LogP contribution in [0.25, 0.3) is 11.0 Å². The van der Waals surface area contributed by atoms with Gasteiger partial charge in [0.2, 0.25) is 0 Å². The number of fused-ring (bicyclic) bond motifs is 1. The van der Waals surface area contributed by atoms with Crippen LogP contribution in [-0.4, -0.2) is 9.97 Å². The number of anilines is 2. The molecule has 5 nitrogen and oxygen atoms in total. The summed E-state index contributed by atoms with van der Waals surface area (Å²) in [6, 6.07) is 3.40. The fraction of sp³-hybridized carbons (Fsp3) is 0.111. The van der Waals surface area contributed by atoms with Gasteiger partial charge in [0.05, 0.1) is 22.4 Å². The third-order valence-electron chi connectivity index (χ3n) is 2.11. The minimum Gasteiger partial charge on any atom is -0.397 e. The zero-order valence-electron chi connectivity index (χ0n) is 7.66. The molecule has 0 amide bonds. The Labute approximate surface area is 79.8 Å². The number of nitrogens with two attached hydrogens (primary N) is 2. The number of benzene rings is 1. The number of nitrogens with zero attached hydrogens (tertiary/aromatic N) is 1. The lowest BCUT2D eigenvalue weighted by Gasteiger charge is -2.04. The minimum atomic E-state index is -0.241. The van der Waals surface area contributed by atoms with Crippen LogP contribution in [0.5, 0.6) is 0 Å². The van der Waals surface area contributed by atoms with Gasteiger partial charge < -0.3 is 16.5 Å². The molecule has 72 valence electrons. The first kappa shape index (κ1) is 8.55. The van der Waals surface area contributed by atoms with Crippen LogP contribution in [0.4, 0.5) is 11.4 Å². The van der Waals surface area contributed by atoms with E-state index in [2.05, 4.69) is 9.97 Å². The van der Waals surface area contributed by atoms with Gasteiger partial charge in [-0.25, -0.2) is 4.98 Å². The Balaban J connectivity index is 2.97. The van der Waals surface area contributed by atoms with Gasteiger partial charge in [0.1, 0.15) is 5.69 Å². The summed E-state index contributed by atoms with van der Waals surface area (Å²) in [5.74, 6) is 0. The quantitative estimate of drug-likeness (QED) is 0.523. The summed E-state index contributed by atoms with van der Waals surface area (Å²) in [5.41, 5.74) is 13.4. The van der Waals surface area contributed by atoms with E-state index in [9.17, 15) is 4.79 Å². The van der Waals surface area contributed by atoms with Crippen LogP contribution in [0, 0.1) is 6.92 Å². The van der Waals surface area contributed by atoms with Crippen LogP contribution in [0.1, 0.15) is 5.69 Å². The topological polar surface area (TPSA) is 97.8 Å². The van der Waals surface area contributed by atoms with Gasteiger partial charge in [-0.05, 0) is 19.1 Å². The van der Waals surface area contributed by atoms with E-state index in [1.807, 2.05) is 0 Å². The van der Waals surface area contributed by atoms with Crippen molar-refractivity contribution in [2.24, 2.45) is 0 Å². The first-order chi connectivity index (χ1) is 6.59. The summed E-state index contributed by atoms with van der Waals surface area (Å²) in [6.07, 6.45) is 0. The normalized spacial score (nSPS) is 10.6.